The molecule has 1 amide bonds. The van der Waals surface area contributed by atoms with Crippen molar-refractivity contribution in [3.63, 3.8) is 0 Å². The maximum atomic E-state index is 11.1. The standard InChI is InChI=1S/C12H21N5O/c1-7(2)11-10(13)12(17(3)16-11)15-8-4-5-9(18)14-6-8/h7-8,15H,4-6,13H2,1-3H3,(H,14,18). The summed E-state index contributed by atoms with van der Waals surface area (Å²) in [5.74, 6) is 1.27. The molecule has 100 valence electrons. The molecule has 0 radical (unpaired) electrons. The minimum absolute atomic E-state index is 0.119. The third-order valence-corrected chi connectivity index (χ3v) is 3.27. The lowest BCUT2D eigenvalue weighted by Gasteiger charge is -2.24. The van der Waals surface area contributed by atoms with Crippen LogP contribution in [0.5, 0.6) is 0 Å². The lowest BCUT2D eigenvalue weighted by atomic mass is 10.1. The SMILES string of the molecule is CC(C)c1nn(C)c(NC2CCC(=O)NC2)c1N. The summed E-state index contributed by atoms with van der Waals surface area (Å²) in [5.41, 5.74) is 7.75. The average Bonchev–Trinajstić information content (AvgIpc) is 2.60. The van der Waals surface area contributed by atoms with Crippen LogP contribution in [0.15, 0.2) is 0 Å². The fraction of sp³-hybridized carbons (Fsp3) is 0.667. The van der Waals surface area contributed by atoms with E-state index in [0.717, 1.165) is 17.9 Å². The topological polar surface area (TPSA) is 85.0 Å². The van der Waals surface area contributed by atoms with Crippen molar-refractivity contribution in [1.82, 2.24) is 15.1 Å². The van der Waals surface area contributed by atoms with Crippen LogP contribution in [0.4, 0.5) is 11.5 Å². The first-order valence-corrected chi connectivity index (χ1v) is 6.34. The Morgan fingerprint density at radius 1 is 1.56 bits per heavy atom. The van der Waals surface area contributed by atoms with Crippen molar-refractivity contribution < 1.29 is 4.79 Å². The molecule has 1 fully saturated rings. The third-order valence-electron chi connectivity index (χ3n) is 3.27. The Morgan fingerprint density at radius 3 is 2.78 bits per heavy atom. The zero-order valence-electron chi connectivity index (χ0n) is 11.2. The maximum absolute atomic E-state index is 11.1. The molecule has 1 aromatic heterocycles. The molecule has 18 heavy (non-hydrogen) atoms. The first-order valence-electron chi connectivity index (χ1n) is 6.34. The second-order valence-corrected chi connectivity index (χ2v) is 5.11. The number of nitrogens with two attached hydrogens (primary N) is 1. The number of carbonyl (C=O) groups is 1. The van der Waals surface area contributed by atoms with E-state index in [1.807, 2.05) is 7.05 Å². The summed E-state index contributed by atoms with van der Waals surface area (Å²) in [4.78, 5) is 11.1. The molecule has 0 bridgehead atoms. The molecule has 1 atom stereocenters. The van der Waals surface area contributed by atoms with Gasteiger partial charge in [-0.15, -0.1) is 0 Å². The number of nitrogen functional groups attached to an aromatic ring is 1. The highest BCUT2D eigenvalue weighted by Gasteiger charge is 2.22. The van der Waals surface area contributed by atoms with Crippen LogP contribution in [0, 0.1) is 0 Å². The van der Waals surface area contributed by atoms with Crippen molar-refractivity contribution in [1.29, 1.82) is 0 Å². The molecule has 1 aromatic rings. The van der Waals surface area contributed by atoms with E-state index in [9.17, 15) is 4.79 Å². The van der Waals surface area contributed by atoms with Gasteiger partial charge in [0.05, 0.1) is 11.4 Å². The normalized spacial score (nSPS) is 20.0. The van der Waals surface area contributed by atoms with Gasteiger partial charge in [0, 0.05) is 26.1 Å². The third kappa shape index (κ3) is 2.42. The first kappa shape index (κ1) is 12.7. The minimum Gasteiger partial charge on any atom is -0.394 e. The van der Waals surface area contributed by atoms with Crippen LogP contribution >= 0.6 is 0 Å². The zero-order valence-corrected chi connectivity index (χ0v) is 11.2. The first-order chi connectivity index (χ1) is 8.49. The fourth-order valence-electron chi connectivity index (χ4n) is 2.21. The molecule has 1 aliphatic heterocycles. The molecule has 1 unspecified atom stereocenters. The van der Waals surface area contributed by atoms with Gasteiger partial charge in [-0.3, -0.25) is 9.48 Å². The Bertz CT molecular complexity index is 442. The van der Waals surface area contributed by atoms with Gasteiger partial charge in [-0.05, 0) is 12.3 Å². The fourth-order valence-corrected chi connectivity index (χ4v) is 2.21. The van der Waals surface area contributed by atoms with Crippen LogP contribution in [0.3, 0.4) is 0 Å². The van der Waals surface area contributed by atoms with Gasteiger partial charge in [0.1, 0.15) is 5.82 Å². The summed E-state index contributed by atoms with van der Waals surface area (Å²) in [7, 11) is 1.88. The van der Waals surface area contributed by atoms with Crippen LogP contribution in [0.2, 0.25) is 0 Å². The van der Waals surface area contributed by atoms with Crippen molar-refractivity contribution in [3.8, 4) is 0 Å². The number of nitrogens with one attached hydrogen (secondary N) is 2. The number of nitrogens with zero attached hydrogens (tertiary/aromatic N) is 2. The summed E-state index contributed by atoms with van der Waals surface area (Å²) in [6.45, 7) is 4.78. The summed E-state index contributed by atoms with van der Waals surface area (Å²) < 4.78 is 1.78. The van der Waals surface area contributed by atoms with Gasteiger partial charge in [-0.25, -0.2) is 0 Å². The number of anilines is 2. The van der Waals surface area contributed by atoms with E-state index < -0.39 is 0 Å². The van der Waals surface area contributed by atoms with Crippen molar-refractivity contribution in [3.05, 3.63) is 5.69 Å². The van der Waals surface area contributed by atoms with Crippen molar-refractivity contribution in [2.45, 2.75) is 38.6 Å². The average molecular weight is 251 g/mol. The zero-order chi connectivity index (χ0) is 13.3. The molecule has 0 spiro atoms. The van der Waals surface area contributed by atoms with Crippen LogP contribution in [-0.4, -0.2) is 28.3 Å². The Balaban J connectivity index is 2.12. The predicted molar refractivity (Wildman–Crippen MR) is 71.4 cm³/mol. The highest BCUT2D eigenvalue weighted by Crippen LogP contribution is 2.28. The number of aromatic nitrogens is 2. The summed E-state index contributed by atoms with van der Waals surface area (Å²) in [5, 5.41) is 10.7. The molecule has 0 saturated carbocycles. The van der Waals surface area contributed by atoms with E-state index in [-0.39, 0.29) is 11.9 Å². The van der Waals surface area contributed by atoms with E-state index in [4.69, 9.17) is 5.73 Å². The van der Waals surface area contributed by atoms with Gasteiger partial charge in [-0.2, -0.15) is 5.10 Å². The van der Waals surface area contributed by atoms with Crippen LogP contribution < -0.4 is 16.4 Å². The molecular weight excluding hydrogens is 230 g/mol. The van der Waals surface area contributed by atoms with Gasteiger partial charge in [0.2, 0.25) is 5.91 Å². The van der Waals surface area contributed by atoms with E-state index >= 15 is 0 Å². The Labute approximate surface area is 107 Å². The lowest BCUT2D eigenvalue weighted by molar-refractivity contribution is -0.122. The summed E-state index contributed by atoms with van der Waals surface area (Å²) in [6.07, 6.45) is 1.39. The van der Waals surface area contributed by atoms with Crippen LogP contribution in [0.25, 0.3) is 0 Å². The summed E-state index contributed by atoms with van der Waals surface area (Å²) >= 11 is 0. The van der Waals surface area contributed by atoms with Crippen molar-refractivity contribution >= 4 is 17.4 Å². The molecule has 6 heteroatoms. The minimum atomic E-state index is 0.119. The Hall–Kier alpha value is -1.72. The number of amides is 1. The highest BCUT2D eigenvalue weighted by molar-refractivity contribution is 5.77. The quantitative estimate of drug-likeness (QED) is 0.742. The number of piperidine rings is 1. The molecule has 2 rings (SSSR count). The number of hydrogen-bond acceptors (Lipinski definition) is 4. The van der Waals surface area contributed by atoms with Gasteiger partial charge in [0.15, 0.2) is 0 Å². The highest BCUT2D eigenvalue weighted by atomic mass is 16.1. The molecular formula is C12H21N5O. The van der Waals surface area contributed by atoms with Crippen molar-refractivity contribution in [2.75, 3.05) is 17.6 Å². The van der Waals surface area contributed by atoms with Crippen molar-refractivity contribution in [2.24, 2.45) is 7.05 Å². The largest absolute Gasteiger partial charge is 0.394 e. The second kappa shape index (κ2) is 4.88. The molecule has 6 nitrogen and oxygen atoms in total. The van der Waals surface area contributed by atoms with E-state index in [0.29, 0.717) is 24.6 Å². The molecule has 0 aromatic carbocycles. The second-order valence-electron chi connectivity index (χ2n) is 5.11. The summed E-state index contributed by atoms with van der Waals surface area (Å²) in [6, 6.07) is 0.223. The number of aryl methyl sites for hydroxylation is 1. The Kier molecular flexibility index (Phi) is 3.45. The molecule has 1 aliphatic rings. The molecule has 2 heterocycles. The molecule has 1 saturated heterocycles. The van der Waals surface area contributed by atoms with E-state index in [1.54, 1.807) is 4.68 Å². The number of carbonyl (C=O) groups excluding carboxylic acids is 1. The van der Waals surface area contributed by atoms with E-state index in [2.05, 4.69) is 29.6 Å². The van der Waals surface area contributed by atoms with Gasteiger partial charge >= 0.3 is 0 Å². The van der Waals surface area contributed by atoms with Gasteiger partial charge in [-0.1, -0.05) is 13.8 Å². The maximum Gasteiger partial charge on any atom is 0.220 e. The van der Waals surface area contributed by atoms with Gasteiger partial charge < -0.3 is 16.4 Å². The molecule has 4 N–H and O–H groups in total. The lowest BCUT2D eigenvalue weighted by Crippen LogP contribution is -2.42. The number of rotatable bonds is 3. The molecule has 0 aliphatic carbocycles. The van der Waals surface area contributed by atoms with Gasteiger partial charge in [0.25, 0.3) is 0 Å². The van der Waals surface area contributed by atoms with E-state index in [1.165, 1.54) is 0 Å². The van der Waals surface area contributed by atoms with Crippen LogP contribution in [-0.2, 0) is 11.8 Å². The smallest absolute Gasteiger partial charge is 0.220 e. The van der Waals surface area contributed by atoms with Crippen LogP contribution in [0.1, 0.15) is 38.3 Å². The predicted octanol–water partition coefficient (Wildman–Crippen LogP) is 0.816. The monoisotopic (exact) mass is 251 g/mol. The number of hydrogen-bond donors (Lipinski definition) is 3. The Morgan fingerprint density at radius 2 is 2.28 bits per heavy atom.